The van der Waals surface area contributed by atoms with Crippen LogP contribution in [0.5, 0.6) is 0 Å². The Balaban J connectivity index is 1.85. The number of benzene rings is 1. The Bertz CT molecular complexity index is 829. The normalized spacial score (nSPS) is 13.8. The van der Waals surface area contributed by atoms with Crippen LogP contribution in [-0.2, 0) is 12.8 Å². The molecule has 0 bridgehead atoms. The van der Waals surface area contributed by atoms with Crippen LogP contribution in [0.1, 0.15) is 28.2 Å². The number of H-pyrrole nitrogens is 1. The number of aromatic nitrogens is 2. The molecule has 0 saturated heterocycles. The van der Waals surface area contributed by atoms with Crippen LogP contribution in [0, 0.1) is 0 Å². The number of nitrogens with zero attached hydrogens (tertiary/aromatic N) is 1. The molecule has 1 aliphatic rings. The zero-order valence-corrected chi connectivity index (χ0v) is 10.6. The van der Waals surface area contributed by atoms with Crippen molar-refractivity contribution < 1.29 is 14.4 Å². The third-order valence-electron chi connectivity index (χ3n) is 3.86. The maximum absolute atomic E-state index is 10.8. The zero-order valence-electron chi connectivity index (χ0n) is 10.6. The molecule has 0 saturated carbocycles. The quantitative estimate of drug-likeness (QED) is 0.748. The highest BCUT2D eigenvalue weighted by molar-refractivity contribution is 5.90. The lowest BCUT2D eigenvalue weighted by Crippen LogP contribution is -1.94. The van der Waals surface area contributed by atoms with Crippen molar-refractivity contribution >= 4 is 16.9 Å². The number of rotatable bonds is 2. The number of hydrogen-bond acceptors (Lipinski definition) is 3. The molecular formula is C15H12N2O3. The number of fused-ring (bicyclic) bond motifs is 3. The van der Waals surface area contributed by atoms with Crippen molar-refractivity contribution in [1.29, 1.82) is 0 Å². The first-order valence-electron chi connectivity index (χ1n) is 6.56. The third kappa shape index (κ3) is 1.56. The topological polar surface area (TPSA) is 79.1 Å². The molecule has 0 amide bonds. The van der Waals surface area contributed by atoms with E-state index in [0.29, 0.717) is 5.76 Å². The number of carboxylic acid groups (broad SMARTS) is 1. The van der Waals surface area contributed by atoms with Crippen molar-refractivity contribution in [1.82, 2.24) is 10.1 Å². The van der Waals surface area contributed by atoms with Crippen LogP contribution in [0.3, 0.4) is 0 Å². The number of carbonyl (C=O) groups is 1. The maximum atomic E-state index is 10.8. The van der Waals surface area contributed by atoms with E-state index in [1.165, 1.54) is 29.1 Å². The second kappa shape index (κ2) is 3.96. The molecule has 0 atom stereocenters. The van der Waals surface area contributed by atoms with Crippen LogP contribution >= 0.6 is 0 Å². The smallest absolute Gasteiger partial charge is 0.358 e. The second-order valence-electron chi connectivity index (χ2n) is 5.08. The largest absolute Gasteiger partial charge is 0.476 e. The minimum atomic E-state index is -1.08. The van der Waals surface area contributed by atoms with Gasteiger partial charge in [-0.15, -0.1) is 0 Å². The fraction of sp³-hybridized carbons (Fsp3) is 0.200. The van der Waals surface area contributed by atoms with E-state index >= 15 is 0 Å². The maximum Gasteiger partial charge on any atom is 0.358 e. The van der Waals surface area contributed by atoms with Gasteiger partial charge in [0.25, 0.3) is 0 Å². The summed E-state index contributed by atoms with van der Waals surface area (Å²) in [6.45, 7) is 0. The predicted molar refractivity (Wildman–Crippen MR) is 72.8 cm³/mol. The Hall–Kier alpha value is -2.56. The highest BCUT2D eigenvalue weighted by atomic mass is 16.5. The van der Waals surface area contributed by atoms with E-state index in [1.54, 1.807) is 0 Å². The molecule has 2 aromatic heterocycles. The first-order valence-corrected chi connectivity index (χ1v) is 6.56. The first-order chi connectivity index (χ1) is 9.72. The molecule has 0 fully saturated rings. The molecule has 1 aromatic carbocycles. The summed E-state index contributed by atoms with van der Waals surface area (Å²) in [5.74, 6) is -0.596. The summed E-state index contributed by atoms with van der Waals surface area (Å²) in [7, 11) is 0. The molecule has 0 aliphatic heterocycles. The highest BCUT2D eigenvalue weighted by Crippen LogP contribution is 2.33. The molecule has 0 radical (unpaired) electrons. The van der Waals surface area contributed by atoms with Gasteiger partial charge in [0.1, 0.15) is 0 Å². The summed E-state index contributed by atoms with van der Waals surface area (Å²) in [6.07, 6.45) is 3.38. The Morgan fingerprint density at radius 3 is 3.00 bits per heavy atom. The summed E-state index contributed by atoms with van der Waals surface area (Å²) in [5.41, 5.74) is 4.60. The number of hydrogen-bond donors (Lipinski definition) is 2. The van der Waals surface area contributed by atoms with Crippen molar-refractivity contribution in [2.45, 2.75) is 19.3 Å². The van der Waals surface area contributed by atoms with Crippen LogP contribution in [0.4, 0.5) is 0 Å². The van der Waals surface area contributed by atoms with Crippen LogP contribution in [0.15, 0.2) is 28.8 Å². The molecule has 3 aromatic rings. The van der Waals surface area contributed by atoms with Gasteiger partial charge >= 0.3 is 5.97 Å². The van der Waals surface area contributed by atoms with Crippen LogP contribution in [-0.4, -0.2) is 21.2 Å². The van der Waals surface area contributed by atoms with E-state index in [2.05, 4.69) is 10.1 Å². The van der Waals surface area contributed by atoms with Gasteiger partial charge < -0.3 is 14.6 Å². The van der Waals surface area contributed by atoms with Gasteiger partial charge in [0, 0.05) is 28.2 Å². The average molecular weight is 268 g/mol. The van der Waals surface area contributed by atoms with Gasteiger partial charge in [0.05, 0.1) is 0 Å². The van der Waals surface area contributed by atoms with E-state index < -0.39 is 5.97 Å². The monoisotopic (exact) mass is 268 g/mol. The Kier molecular flexibility index (Phi) is 2.24. The fourth-order valence-electron chi connectivity index (χ4n) is 2.91. The van der Waals surface area contributed by atoms with Gasteiger partial charge in [-0.25, -0.2) is 4.79 Å². The lowest BCUT2D eigenvalue weighted by atomic mass is 10.1. The molecule has 1 aliphatic carbocycles. The van der Waals surface area contributed by atoms with Crippen molar-refractivity contribution in [2.75, 3.05) is 0 Å². The molecule has 5 nitrogen and oxygen atoms in total. The van der Waals surface area contributed by atoms with E-state index in [-0.39, 0.29) is 5.69 Å². The van der Waals surface area contributed by atoms with E-state index in [0.717, 1.165) is 23.9 Å². The van der Waals surface area contributed by atoms with Crippen LogP contribution in [0.2, 0.25) is 0 Å². The van der Waals surface area contributed by atoms with Gasteiger partial charge in [0.15, 0.2) is 11.5 Å². The van der Waals surface area contributed by atoms with Crippen molar-refractivity contribution in [3.63, 3.8) is 0 Å². The molecule has 0 unspecified atom stereocenters. The minimum Gasteiger partial charge on any atom is -0.476 e. The number of aromatic carboxylic acids is 1. The lowest BCUT2D eigenvalue weighted by molar-refractivity contribution is 0.0686. The fourth-order valence-corrected chi connectivity index (χ4v) is 2.91. The lowest BCUT2D eigenvalue weighted by Gasteiger charge is -1.98. The summed E-state index contributed by atoms with van der Waals surface area (Å²) in [6, 6.07) is 7.42. The van der Waals surface area contributed by atoms with Gasteiger partial charge in [-0.1, -0.05) is 5.16 Å². The summed E-state index contributed by atoms with van der Waals surface area (Å²) >= 11 is 0. The minimum absolute atomic E-state index is 0.0700. The second-order valence-corrected chi connectivity index (χ2v) is 5.08. The first kappa shape index (κ1) is 11.3. The Morgan fingerprint density at radius 2 is 2.20 bits per heavy atom. The number of nitrogens with one attached hydrogen (secondary N) is 1. The molecule has 100 valence electrons. The molecule has 0 spiro atoms. The summed E-state index contributed by atoms with van der Waals surface area (Å²) in [5, 5.41) is 13.6. The molecular weight excluding hydrogens is 256 g/mol. The summed E-state index contributed by atoms with van der Waals surface area (Å²) < 4.78 is 5.12. The molecule has 2 heterocycles. The number of aromatic amines is 1. The standard InChI is InChI=1S/C15H12N2O3/c18-15(19)13-7-14(20-17-13)8-4-5-12-10(6-8)9-2-1-3-11(9)16-12/h4-7,16H,1-3H2,(H,18,19). The Morgan fingerprint density at radius 1 is 1.30 bits per heavy atom. The van der Waals surface area contributed by atoms with E-state index in [9.17, 15) is 4.79 Å². The van der Waals surface area contributed by atoms with Crippen LogP contribution < -0.4 is 0 Å². The third-order valence-corrected chi connectivity index (χ3v) is 3.86. The SMILES string of the molecule is O=C(O)c1cc(-c2ccc3[nH]c4c(c3c2)CCC4)on1. The van der Waals surface area contributed by atoms with E-state index in [4.69, 9.17) is 9.63 Å². The van der Waals surface area contributed by atoms with Gasteiger partial charge in [-0.3, -0.25) is 0 Å². The van der Waals surface area contributed by atoms with Crippen molar-refractivity contribution in [3.05, 3.63) is 41.2 Å². The highest BCUT2D eigenvalue weighted by Gasteiger charge is 2.18. The van der Waals surface area contributed by atoms with Crippen LogP contribution in [0.25, 0.3) is 22.2 Å². The van der Waals surface area contributed by atoms with Gasteiger partial charge in [-0.2, -0.15) is 0 Å². The average Bonchev–Trinajstić information content (AvgIpc) is 3.13. The zero-order chi connectivity index (χ0) is 13.7. The predicted octanol–water partition coefficient (Wildman–Crippen LogP) is 3.01. The molecule has 5 heteroatoms. The van der Waals surface area contributed by atoms with Crippen molar-refractivity contribution in [3.8, 4) is 11.3 Å². The van der Waals surface area contributed by atoms with Crippen molar-refractivity contribution in [2.24, 2.45) is 0 Å². The van der Waals surface area contributed by atoms with E-state index in [1.807, 2.05) is 18.2 Å². The Labute approximate surface area is 114 Å². The van der Waals surface area contributed by atoms with Gasteiger partial charge in [-0.05, 0) is 43.0 Å². The molecule has 20 heavy (non-hydrogen) atoms. The summed E-state index contributed by atoms with van der Waals surface area (Å²) in [4.78, 5) is 14.3. The number of carboxylic acids is 1. The number of aryl methyl sites for hydroxylation is 2. The van der Waals surface area contributed by atoms with Gasteiger partial charge in [0.2, 0.25) is 0 Å². The molecule has 2 N–H and O–H groups in total. The molecule has 4 rings (SSSR count).